The summed E-state index contributed by atoms with van der Waals surface area (Å²) in [7, 11) is 0. The van der Waals surface area contributed by atoms with E-state index in [1.54, 1.807) is 6.08 Å². The smallest absolute Gasteiger partial charge is 0.248 e. The Morgan fingerprint density at radius 1 is 1.30 bits per heavy atom. The fourth-order valence-electron chi connectivity index (χ4n) is 2.51. The molecular weight excluding hydrogens is 248 g/mol. The second-order valence-electron chi connectivity index (χ2n) is 5.64. The second-order valence-corrected chi connectivity index (χ2v) is 5.64. The summed E-state index contributed by atoms with van der Waals surface area (Å²) >= 11 is 0. The maximum atomic E-state index is 11.4. The van der Waals surface area contributed by atoms with Crippen molar-refractivity contribution in [1.82, 2.24) is 4.90 Å². The highest BCUT2D eigenvalue weighted by Crippen LogP contribution is 2.19. The summed E-state index contributed by atoms with van der Waals surface area (Å²) in [4.78, 5) is 13.9. The number of rotatable bonds is 4. The van der Waals surface area contributed by atoms with Crippen LogP contribution in [0.1, 0.15) is 32.3 Å². The SMILES string of the molecule is C/C=C/C(=O)Nc1ccc(CN2CCC(C)CC2)cc1. The molecule has 1 aliphatic heterocycles. The first-order valence-corrected chi connectivity index (χ1v) is 7.42. The molecule has 20 heavy (non-hydrogen) atoms. The number of piperidine rings is 1. The third-order valence-electron chi connectivity index (χ3n) is 3.82. The number of nitrogens with zero attached hydrogens (tertiary/aromatic N) is 1. The molecule has 0 radical (unpaired) electrons. The zero-order valence-corrected chi connectivity index (χ0v) is 12.4. The molecule has 1 amide bonds. The average Bonchev–Trinajstić information content (AvgIpc) is 2.44. The van der Waals surface area contributed by atoms with Crippen molar-refractivity contribution in [2.24, 2.45) is 5.92 Å². The van der Waals surface area contributed by atoms with Crippen LogP contribution in [0.5, 0.6) is 0 Å². The lowest BCUT2D eigenvalue weighted by Gasteiger charge is -2.30. The predicted molar refractivity (Wildman–Crippen MR) is 83.6 cm³/mol. The molecule has 1 aromatic rings. The number of carbonyl (C=O) groups excluding carboxylic acids is 1. The Morgan fingerprint density at radius 2 is 1.95 bits per heavy atom. The van der Waals surface area contributed by atoms with E-state index in [-0.39, 0.29) is 5.91 Å². The number of amides is 1. The van der Waals surface area contributed by atoms with Crippen LogP contribution in [0.2, 0.25) is 0 Å². The Bertz CT molecular complexity index is 456. The molecule has 1 aliphatic rings. The Labute approximate surface area is 121 Å². The van der Waals surface area contributed by atoms with E-state index in [2.05, 4.69) is 29.3 Å². The van der Waals surface area contributed by atoms with E-state index in [1.807, 2.05) is 19.1 Å². The van der Waals surface area contributed by atoms with Crippen LogP contribution in [0.25, 0.3) is 0 Å². The summed E-state index contributed by atoms with van der Waals surface area (Å²) in [6.07, 6.45) is 5.87. The number of carbonyl (C=O) groups is 1. The van der Waals surface area contributed by atoms with E-state index < -0.39 is 0 Å². The molecule has 0 bridgehead atoms. The molecule has 1 saturated heterocycles. The molecule has 1 N–H and O–H groups in total. The molecule has 0 saturated carbocycles. The molecule has 1 fully saturated rings. The van der Waals surface area contributed by atoms with Gasteiger partial charge in [0.1, 0.15) is 0 Å². The van der Waals surface area contributed by atoms with Gasteiger partial charge in [-0.15, -0.1) is 0 Å². The van der Waals surface area contributed by atoms with Crippen LogP contribution in [0, 0.1) is 5.92 Å². The fraction of sp³-hybridized carbons (Fsp3) is 0.471. The molecule has 3 heteroatoms. The van der Waals surface area contributed by atoms with Gasteiger partial charge >= 0.3 is 0 Å². The number of allylic oxidation sites excluding steroid dienone is 1. The minimum absolute atomic E-state index is 0.0785. The van der Waals surface area contributed by atoms with E-state index in [4.69, 9.17) is 0 Å². The Morgan fingerprint density at radius 3 is 2.55 bits per heavy atom. The Hall–Kier alpha value is -1.61. The van der Waals surface area contributed by atoms with Crippen LogP contribution in [0.15, 0.2) is 36.4 Å². The summed E-state index contributed by atoms with van der Waals surface area (Å²) in [5.41, 5.74) is 2.16. The number of hydrogen-bond acceptors (Lipinski definition) is 2. The van der Waals surface area contributed by atoms with Gasteiger partial charge in [-0.05, 0) is 62.5 Å². The van der Waals surface area contributed by atoms with E-state index in [9.17, 15) is 4.79 Å². The van der Waals surface area contributed by atoms with Crippen molar-refractivity contribution < 1.29 is 4.79 Å². The van der Waals surface area contributed by atoms with Crippen LogP contribution in [0.4, 0.5) is 5.69 Å². The van der Waals surface area contributed by atoms with Crippen LogP contribution in [0.3, 0.4) is 0 Å². The van der Waals surface area contributed by atoms with E-state index in [0.717, 1.165) is 18.2 Å². The first-order valence-electron chi connectivity index (χ1n) is 7.42. The monoisotopic (exact) mass is 272 g/mol. The number of benzene rings is 1. The van der Waals surface area contributed by atoms with Gasteiger partial charge < -0.3 is 5.32 Å². The maximum absolute atomic E-state index is 11.4. The quantitative estimate of drug-likeness (QED) is 0.852. The normalized spacial score (nSPS) is 17.5. The van der Waals surface area contributed by atoms with Gasteiger partial charge in [0.2, 0.25) is 5.91 Å². The van der Waals surface area contributed by atoms with Gasteiger partial charge in [-0.3, -0.25) is 9.69 Å². The highest BCUT2D eigenvalue weighted by Gasteiger charge is 2.15. The minimum Gasteiger partial charge on any atom is -0.323 e. The molecule has 1 heterocycles. The lowest BCUT2D eigenvalue weighted by atomic mass is 9.99. The number of anilines is 1. The van der Waals surface area contributed by atoms with Crippen LogP contribution in [-0.4, -0.2) is 23.9 Å². The van der Waals surface area contributed by atoms with Gasteiger partial charge in [-0.1, -0.05) is 25.1 Å². The number of nitrogens with one attached hydrogen (secondary N) is 1. The third-order valence-corrected chi connectivity index (χ3v) is 3.82. The molecule has 3 nitrogen and oxygen atoms in total. The zero-order chi connectivity index (χ0) is 14.4. The van der Waals surface area contributed by atoms with Gasteiger partial charge in [0.15, 0.2) is 0 Å². The highest BCUT2D eigenvalue weighted by atomic mass is 16.1. The van der Waals surface area contributed by atoms with Crippen molar-refractivity contribution in [2.75, 3.05) is 18.4 Å². The summed E-state index contributed by atoms with van der Waals surface area (Å²) in [6, 6.07) is 8.15. The first kappa shape index (κ1) is 14.8. The lowest BCUT2D eigenvalue weighted by molar-refractivity contribution is -0.111. The standard InChI is InChI=1S/C17H24N2O/c1-3-4-17(20)18-16-7-5-15(6-8-16)13-19-11-9-14(2)10-12-19/h3-8,14H,9-13H2,1-2H3,(H,18,20)/b4-3+. The Kier molecular flexibility index (Phi) is 5.36. The van der Waals surface area contributed by atoms with Crippen molar-refractivity contribution >= 4 is 11.6 Å². The summed E-state index contributed by atoms with van der Waals surface area (Å²) in [6.45, 7) is 7.57. The minimum atomic E-state index is -0.0785. The van der Waals surface area contributed by atoms with Gasteiger partial charge in [-0.2, -0.15) is 0 Å². The van der Waals surface area contributed by atoms with Crippen molar-refractivity contribution in [3.05, 3.63) is 42.0 Å². The molecular formula is C17H24N2O. The summed E-state index contributed by atoms with van der Waals surface area (Å²) in [5.74, 6) is 0.792. The van der Waals surface area contributed by atoms with Crippen LogP contribution < -0.4 is 5.32 Å². The van der Waals surface area contributed by atoms with Gasteiger partial charge in [0.25, 0.3) is 0 Å². The molecule has 0 spiro atoms. The van der Waals surface area contributed by atoms with Crippen molar-refractivity contribution in [2.45, 2.75) is 33.2 Å². The van der Waals surface area contributed by atoms with Crippen molar-refractivity contribution in [1.29, 1.82) is 0 Å². The molecule has 0 atom stereocenters. The maximum Gasteiger partial charge on any atom is 0.248 e. The van der Waals surface area contributed by atoms with Crippen LogP contribution >= 0.6 is 0 Å². The van der Waals surface area contributed by atoms with Crippen molar-refractivity contribution in [3.8, 4) is 0 Å². The number of likely N-dealkylation sites (tertiary alicyclic amines) is 1. The second kappa shape index (κ2) is 7.25. The van der Waals surface area contributed by atoms with Gasteiger partial charge in [0, 0.05) is 12.2 Å². The molecule has 108 valence electrons. The first-order chi connectivity index (χ1) is 9.67. The summed E-state index contributed by atoms with van der Waals surface area (Å²) < 4.78 is 0. The van der Waals surface area contributed by atoms with Crippen LogP contribution in [-0.2, 0) is 11.3 Å². The zero-order valence-electron chi connectivity index (χ0n) is 12.4. The molecule has 0 aromatic heterocycles. The largest absolute Gasteiger partial charge is 0.323 e. The van der Waals surface area contributed by atoms with Crippen molar-refractivity contribution in [3.63, 3.8) is 0 Å². The van der Waals surface area contributed by atoms with Gasteiger partial charge in [0.05, 0.1) is 0 Å². The Balaban J connectivity index is 1.86. The molecule has 0 aliphatic carbocycles. The summed E-state index contributed by atoms with van der Waals surface area (Å²) in [5, 5.41) is 2.84. The van der Waals surface area contributed by atoms with E-state index >= 15 is 0 Å². The van der Waals surface area contributed by atoms with E-state index in [1.165, 1.54) is 37.6 Å². The van der Waals surface area contributed by atoms with E-state index in [0.29, 0.717) is 0 Å². The van der Waals surface area contributed by atoms with Gasteiger partial charge in [-0.25, -0.2) is 0 Å². The third kappa shape index (κ3) is 4.49. The predicted octanol–water partition coefficient (Wildman–Crippen LogP) is 3.43. The lowest BCUT2D eigenvalue weighted by Crippen LogP contribution is -2.32. The highest BCUT2D eigenvalue weighted by molar-refractivity contribution is 5.99. The topological polar surface area (TPSA) is 32.3 Å². The molecule has 2 rings (SSSR count). The average molecular weight is 272 g/mol. The number of hydrogen-bond donors (Lipinski definition) is 1. The fourth-order valence-corrected chi connectivity index (χ4v) is 2.51. The molecule has 0 unspecified atom stereocenters. The molecule has 1 aromatic carbocycles.